The van der Waals surface area contributed by atoms with E-state index in [1.165, 1.54) is 11.3 Å². The Balaban J connectivity index is 2.74. The van der Waals surface area contributed by atoms with E-state index in [0.717, 1.165) is 6.42 Å². The standard InChI is InChI=1S/C13H21N3O4S/c1-5-6-16(15-12(19)20-13(2,3)4)11-14-9(8-21-11)7-10(17)18/h8H,5-7H2,1-4H3,(H,15,19)(H,17,18). The van der Waals surface area contributed by atoms with Gasteiger partial charge < -0.3 is 9.84 Å². The minimum Gasteiger partial charge on any atom is -0.481 e. The number of aliphatic carboxylic acids is 1. The fraction of sp³-hybridized carbons (Fsp3) is 0.615. The van der Waals surface area contributed by atoms with Crippen molar-refractivity contribution in [3.05, 3.63) is 11.1 Å². The largest absolute Gasteiger partial charge is 0.481 e. The van der Waals surface area contributed by atoms with Gasteiger partial charge in [0.2, 0.25) is 5.13 Å². The molecule has 0 atom stereocenters. The van der Waals surface area contributed by atoms with E-state index in [9.17, 15) is 9.59 Å². The highest BCUT2D eigenvalue weighted by Crippen LogP contribution is 2.20. The average molecular weight is 315 g/mol. The molecule has 0 spiro atoms. The van der Waals surface area contributed by atoms with Crippen molar-refractivity contribution < 1.29 is 19.4 Å². The van der Waals surface area contributed by atoms with Crippen LogP contribution in [-0.4, -0.2) is 34.3 Å². The lowest BCUT2D eigenvalue weighted by molar-refractivity contribution is -0.136. The molecular formula is C13H21N3O4S. The molecule has 0 saturated heterocycles. The van der Waals surface area contributed by atoms with Gasteiger partial charge in [-0.3, -0.25) is 9.80 Å². The van der Waals surface area contributed by atoms with E-state index in [1.54, 1.807) is 31.2 Å². The Labute approximate surface area is 127 Å². The van der Waals surface area contributed by atoms with Gasteiger partial charge in [-0.2, -0.15) is 0 Å². The predicted molar refractivity (Wildman–Crippen MR) is 80.5 cm³/mol. The number of carbonyl (C=O) groups excluding carboxylic acids is 1. The first-order valence-corrected chi connectivity index (χ1v) is 7.52. The number of carbonyl (C=O) groups is 2. The molecule has 21 heavy (non-hydrogen) atoms. The molecule has 0 unspecified atom stereocenters. The van der Waals surface area contributed by atoms with Gasteiger partial charge in [0.15, 0.2) is 0 Å². The second-order valence-electron chi connectivity index (χ2n) is 5.46. The van der Waals surface area contributed by atoms with Gasteiger partial charge in [0.25, 0.3) is 0 Å². The number of amides is 1. The summed E-state index contributed by atoms with van der Waals surface area (Å²) in [5.41, 5.74) is 2.51. The summed E-state index contributed by atoms with van der Waals surface area (Å²) in [7, 11) is 0. The summed E-state index contributed by atoms with van der Waals surface area (Å²) in [5, 5.41) is 12.5. The van der Waals surface area contributed by atoms with Crippen molar-refractivity contribution in [2.24, 2.45) is 0 Å². The van der Waals surface area contributed by atoms with Crippen LogP contribution in [0.15, 0.2) is 5.38 Å². The van der Waals surface area contributed by atoms with E-state index < -0.39 is 17.7 Å². The van der Waals surface area contributed by atoms with Gasteiger partial charge in [-0.1, -0.05) is 6.92 Å². The molecule has 0 aliphatic rings. The van der Waals surface area contributed by atoms with Crippen molar-refractivity contribution in [2.75, 3.05) is 11.6 Å². The zero-order valence-corrected chi connectivity index (χ0v) is 13.5. The van der Waals surface area contributed by atoms with Crippen molar-refractivity contribution in [2.45, 2.75) is 46.1 Å². The minimum atomic E-state index is -0.936. The lowest BCUT2D eigenvalue weighted by Gasteiger charge is -2.25. The van der Waals surface area contributed by atoms with Crippen LogP contribution in [0.3, 0.4) is 0 Å². The number of hydrogen-bond donors (Lipinski definition) is 2. The second kappa shape index (κ2) is 7.26. The summed E-state index contributed by atoms with van der Waals surface area (Å²) in [6, 6.07) is 0. The Kier molecular flexibility index (Phi) is 5.95. The maximum atomic E-state index is 11.8. The number of hydrazine groups is 1. The SMILES string of the molecule is CCCN(NC(=O)OC(C)(C)C)c1nc(CC(=O)O)cs1. The number of nitrogens with one attached hydrogen (secondary N) is 1. The Morgan fingerprint density at radius 1 is 1.48 bits per heavy atom. The van der Waals surface area contributed by atoms with E-state index >= 15 is 0 Å². The van der Waals surface area contributed by atoms with Gasteiger partial charge >= 0.3 is 12.1 Å². The molecule has 0 aliphatic carbocycles. The summed E-state index contributed by atoms with van der Waals surface area (Å²) in [6.07, 6.45) is 0.0953. The van der Waals surface area contributed by atoms with Crippen LogP contribution < -0.4 is 10.4 Å². The van der Waals surface area contributed by atoms with Gasteiger partial charge in [0.05, 0.1) is 12.1 Å². The number of carboxylic acids is 1. The molecule has 0 fully saturated rings. The highest BCUT2D eigenvalue weighted by Gasteiger charge is 2.20. The molecule has 1 amide bonds. The number of carboxylic acid groups (broad SMARTS) is 1. The van der Waals surface area contributed by atoms with Gasteiger partial charge in [0, 0.05) is 11.9 Å². The molecule has 7 nitrogen and oxygen atoms in total. The highest BCUT2D eigenvalue weighted by atomic mass is 32.1. The molecule has 8 heteroatoms. The highest BCUT2D eigenvalue weighted by molar-refractivity contribution is 7.13. The Hall–Kier alpha value is -1.83. The summed E-state index contributed by atoms with van der Waals surface area (Å²) >= 11 is 1.28. The molecular weight excluding hydrogens is 294 g/mol. The third kappa shape index (κ3) is 6.44. The number of aromatic nitrogens is 1. The van der Waals surface area contributed by atoms with Gasteiger partial charge in [-0.25, -0.2) is 15.2 Å². The molecule has 0 saturated carbocycles. The summed E-state index contributed by atoms with van der Waals surface area (Å²) in [4.78, 5) is 26.7. The van der Waals surface area contributed by atoms with Crippen LogP contribution in [0.2, 0.25) is 0 Å². The maximum Gasteiger partial charge on any atom is 0.426 e. The molecule has 1 heterocycles. The third-order valence-electron chi connectivity index (χ3n) is 2.18. The molecule has 1 aromatic heterocycles. The van der Waals surface area contributed by atoms with Crippen molar-refractivity contribution >= 4 is 28.5 Å². The third-order valence-corrected chi connectivity index (χ3v) is 3.09. The lowest BCUT2D eigenvalue weighted by atomic mass is 10.2. The summed E-state index contributed by atoms with van der Waals surface area (Å²) < 4.78 is 5.20. The zero-order valence-electron chi connectivity index (χ0n) is 12.7. The average Bonchev–Trinajstić information content (AvgIpc) is 2.73. The molecule has 118 valence electrons. The normalized spacial score (nSPS) is 11.0. The molecule has 0 radical (unpaired) electrons. The number of rotatable bonds is 6. The van der Waals surface area contributed by atoms with Crippen LogP contribution in [0.1, 0.15) is 39.8 Å². The summed E-state index contributed by atoms with van der Waals surface area (Å²) in [5.74, 6) is -0.936. The maximum absolute atomic E-state index is 11.8. The van der Waals surface area contributed by atoms with Crippen LogP contribution in [-0.2, 0) is 16.0 Å². The number of nitrogens with zero attached hydrogens (tertiary/aromatic N) is 2. The van der Waals surface area contributed by atoms with E-state index in [2.05, 4.69) is 10.4 Å². The molecule has 2 N–H and O–H groups in total. The predicted octanol–water partition coefficient (Wildman–Crippen LogP) is 2.43. The van der Waals surface area contributed by atoms with Crippen LogP contribution in [0.5, 0.6) is 0 Å². The zero-order chi connectivity index (χ0) is 16.0. The number of anilines is 1. The van der Waals surface area contributed by atoms with Crippen LogP contribution >= 0.6 is 11.3 Å². The first kappa shape index (κ1) is 17.2. The van der Waals surface area contributed by atoms with Crippen LogP contribution in [0.4, 0.5) is 9.93 Å². The number of ether oxygens (including phenoxy) is 1. The van der Waals surface area contributed by atoms with E-state index in [-0.39, 0.29) is 6.42 Å². The van der Waals surface area contributed by atoms with E-state index in [4.69, 9.17) is 9.84 Å². The molecule has 1 aromatic rings. The van der Waals surface area contributed by atoms with Crippen molar-refractivity contribution in [3.8, 4) is 0 Å². The summed E-state index contributed by atoms with van der Waals surface area (Å²) in [6.45, 7) is 7.87. The van der Waals surface area contributed by atoms with Gasteiger partial charge in [0.1, 0.15) is 5.60 Å². The minimum absolute atomic E-state index is 0.136. The van der Waals surface area contributed by atoms with E-state index in [0.29, 0.717) is 17.4 Å². The first-order chi connectivity index (χ1) is 9.71. The van der Waals surface area contributed by atoms with Crippen molar-refractivity contribution in [1.82, 2.24) is 10.4 Å². The van der Waals surface area contributed by atoms with Gasteiger partial charge in [-0.05, 0) is 27.2 Å². The lowest BCUT2D eigenvalue weighted by Crippen LogP contribution is -2.45. The quantitative estimate of drug-likeness (QED) is 0.783. The topological polar surface area (TPSA) is 91.8 Å². The Morgan fingerprint density at radius 2 is 2.14 bits per heavy atom. The van der Waals surface area contributed by atoms with Crippen molar-refractivity contribution in [3.63, 3.8) is 0 Å². The molecule has 0 bridgehead atoms. The number of hydrogen-bond acceptors (Lipinski definition) is 6. The fourth-order valence-corrected chi connectivity index (χ4v) is 2.30. The second-order valence-corrected chi connectivity index (χ2v) is 6.29. The van der Waals surface area contributed by atoms with E-state index in [1.807, 2.05) is 6.92 Å². The Bertz CT molecular complexity index is 496. The fourth-order valence-electron chi connectivity index (χ4n) is 1.49. The van der Waals surface area contributed by atoms with Gasteiger partial charge in [-0.15, -0.1) is 11.3 Å². The molecule has 0 aromatic carbocycles. The first-order valence-electron chi connectivity index (χ1n) is 6.64. The molecule has 0 aliphatic heterocycles. The molecule has 1 rings (SSSR count). The van der Waals surface area contributed by atoms with Crippen molar-refractivity contribution in [1.29, 1.82) is 0 Å². The number of thiazole rings is 1. The van der Waals surface area contributed by atoms with Crippen LogP contribution in [0, 0.1) is 0 Å². The monoisotopic (exact) mass is 315 g/mol. The Morgan fingerprint density at radius 3 is 2.67 bits per heavy atom. The van der Waals surface area contributed by atoms with Crippen LogP contribution in [0.25, 0.3) is 0 Å². The smallest absolute Gasteiger partial charge is 0.426 e.